The van der Waals surface area contributed by atoms with Crippen molar-refractivity contribution in [2.24, 2.45) is 0 Å². The van der Waals surface area contributed by atoms with Gasteiger partial charge in [0.2, 0.25) is 0 Å². The van der Waals surface area contributed by atoms with Gasteiger partial charge in [-0.15, -0.1) is 0 Å². The van der Waals surface area contributed by atoms with Crippen LogP contribution < -0.4 is 14.2 Å². The Morgan fingerprint density at radius 2 is 1.96 bits per heavy atom. The average molecular weight is 328 g/mol. The number of ketones is 1. The maximum Gasteiger partial charge on any atom is 0.193 e. The summed E-state index contributed by atoms with van der Waals surface area (Å²) >= 11 is 0. The Kier molecular flexibility index (Phi) is 4.51. The first kappa shape index (κ1) is 16.1. The number of benzene rings is 2. The van der Waals surface area contributed by atoms with E-state index >= 15 is 0 Å². The van der Waals surface area contributed by atoms with Crippen LogP contribution in [0.2, 0.25) is 0 Å². The summed E-state index contributed by atoms with van der Waals surface area (Å²) in [7, 11) is 2.95. The largest absolute Gasteiger partial charge is 0.497 e. The third kappa shape index (κ3) is 3.11. The van der Waals surface area contributed by atoms with Crippen LogP contribution in [0, 0.1) is 5.82 Å². The zero-order valence-corrected chi connectivity index (χ0v) is 13.5. The number of fused-ring (bicyclic) bond motifs is 1. The molecule has 0 saturated heterocycles. The Bertz CT molecular complexity index is 811. The molecule has 1 aliphatic heterocycles. The number of hydrogen-bond acceptors (Lipinski definition) is 4. The summed E-state index contributed by atoms with van der Waals surface area (Å²) in [5.74, 6) is 0.680. The van der Waals surface area contributed by atoms with Gasteiger partial charge in [-0.05, 0) is 42.0 Å². The first-order chi connectivity index (χ1) is 11.6. The highest BCUT2D eigenvalue weighted by Gasteiger charge is 2.22. The molecule has 0 fully saturated rings. The Morgan fingerprint density at radius 3 is 2.67 bits per heavy atom. The summed E-state index contributed by atoms with van der Waals surface area (Å²) in [4.78, 5) is 12.8. The molecule has 0 aromatic heterocycles. The Morgan fingerprint density at radius 1 is 1.12 bits per heavy atom. The molecule has 0 radical (unpaired) electrons. The van der Waals surface area contributed by atoms with Gasteiger partial charge >= 0.3 is 0 Å². The first-order valence-corrected chi connectivity index (χ1v) is 7.52. The van der Waals surface area contributed by atoms with Crippen molar-refractivity contribution in [3.8, 4) is 17.2 Å². The highest BCUT2D eigenvalue weighted by atomic mass is 19.1. The molecule has 124 valence electrons. The summed E-state index contributed by atoms with van der Waals surface area (Å²) < 4.78 is 29.6. The standard InChI is InChI=1S/C19H17FO4/c1-22-14-4-6-17-15(11-14)19(21)13(7-8-24-17)9-12-3-5-18(23-2)16(20)10-12/h3-6,9-11H,7-8H2,1-2H3/b13-9-. The first-order valence-electron chi connectivity index (χ1n) is 7.52. The lowest BCUT2D eigenvalue weighted by atomic mass is 9.98. The molecule has 1 aliphatic rings. The summed E-state index contributed by atoms with van der Waals surface area (Å²) in [6.07, 6.45) is 2.13. The van der Waals surface area contributed by atoms with E-state index in [1.165, 1.54) is 19.2 Å². The van der Waals surface area contributed by atoms with Gasteiger partial charge in [0.15, 0.2) is 17.3 Å². The number of methoxy groups -OCH3 is 2. The fourth-order valence-electron chi connectivity index (χ4n) is 2.61. The van der Waals surface area contributed by atoms with Gasteiger partial charge < -0.3 is 14.2 Å². The van der Waals surface area contributed by atoms with E-state index in [0.29, 0.717) is 41.2 Å². The zero-order chi connectivity index (χ0) is 17.1. The number of halogens is 1. The normalized spacial score (nSPS) is 15.5. The van der Waals surface area contributed by atoms with Crippen molar-refractivity contribution < 1.29 is 23.4 Å². The van der Waals surface area contributed by atoms with Gasteiger partial charge in [0.25, 0.3) is 0 Å². The molecular weight excluding hydrogens is 311 g/mol. The van der Waals surface area contributed by atoms with Crippen molar-refractivity contribution in [2.75, 3.05) is 20.8 Å². The minimum absolute atomic E-state index is 0.141. The Labute approximate surface area is 139 Å². The number of hydrogen-bond donors (Lipinski definition) is 0. The third-order valence-electron chi connectivity index (χ3n) is 3.87. The molecule has 5 heteroatoms. The quantitative estimate of drug-likeness (QED) is 0.802. The lowest BCUT2D eigenvalue weighted by Gasteiger charge is -2.07. The van der Waals surface area contributed by atoms with Crippen molar-refractivity contribution in [2.45, 2.75) is 6.42 Å². The fraction of sp³-hybridized carbons (Fsp3) is 0.211. The maximum absolute atomic E-state index is 13.8. The fourth-order valence-corrected chi connectivity index (χ4v) is 2.61. The minimum Gasteiger partial charge on any atom is -0.497 e. The molecular formula is C19H17FO4. The van der Waals surface area contributed by atoms with Gasteiger partial charge in [0.05, 0.1) is 26.4 Å². The van der Waals surface area contributed by atoms with E-state index in [2.05, 4.69) is 0 Å². The van der Waals surface area contributed by atoms with Crippen molar-refractivity contribution in [3.63, 3.8) is 0 Å². The van der Waals surface area contributed by atoms with E-state index in [4.69, 9.17) is 14.2 Å². The maximum atomic E-state index is 13.8. The second kappa shape index (κ2) is 6.74. The predicted molar refractivity (Wildman–Crippen MR) is 88.4 cm³/mol. The topological polar surface area (TPSA) is 44.8 Å². The second-order valence-corrected chi connectivity index (χ2v) is 5.35. The number of carbonyl (C=O) groups is 1. The molecule has 0 atom stereocenters. The molecule has 0 amide bonds. The number of carbonyl (C=O) groups excluding carboxylic acids is 1. The van der Waals surface area contributed by atoms with E-state index < -0.39 is 5.82 Å². The van der Waals surface area contributed by atoms with Crippen LogP contribution in [0.1, 0.15) is 22.3 Å². The monoisotopic (exact) mass is 328 g/mol. The van der Waals surface area contributed by atoms with E-state index in [0.717, 1.165) is 0 Å². The molecule has 0 aliphatic carbocycles. The lowest BCUT2D eigenvalue weighted by Crippen LogP contribution is -2.02. The molecule has 4 nitrogen and oxygen atoms in total. The van der Waals surface area contributed by atoms with Gasteiger partial charge in [-0.2, -0.15) is 0 Å². The number of rotatable bonds is 3. The van der Waals surface area contributed by atoms with Crippen LogP contribution in [0.25, 0.3) is 6.08 Å². The van der Waals surface area contributed by atoms with E-state index in [1.807, 2.05) is 0 Å². The van der Waals surface area contributed by atoms with Gasteiger partial charge in [0.1, 0.15) is 11.5 Å². The van der Waals surface area contributed by atoms with Crippen LogP contribution in [0.3, 0.4) is 0 Å². The molecule has 0 saturated carbocycles. The summed E-state index contributed by atoms with van der Waals surface area (Å²) in [5.41, 5.74) is 1.61. The Hall–Kier alpha value is -2.82. The predicted octanol–water partition coefficient (Wildman–Crippen LogP) is 3.89. The summed E-state index contributed by atoms with van der Waals surface area (Å²) in [6, 6.07) is 9.72. The van der Waals surface area contributed by atoms with Crippen molar-refractivity contribution >= 4 is 11.9 Å². The van der Waals surface area contributed by atoms with Gasteiger partial charge in [-0.25, -0.2) is 4.39 Å². The molecule has 0 bridgehead atoms. The van der Waals surface area contributed by atoms with Crippen LogP contribution in [0.4, 0.5) is 4.39 Å². The molecule has 3 rings (SSSR count). The van der Waals surface area contributed by atoms with Crippen LogP contribution in [-0.4, -0.2) is 26.6 Å². The van der Waals surface area contributed by atoms with Gasteiger partial charge in [-0.3, -0.25) is 4.79 Å². The highest BCUT2D eigenvalue weighted by molar-refractivity contribution is 6.13. The molecule has 2 aromatic carbocycles. The SMILES string of the molecule is COc1ccc2c(c1)C(=O)/C(=C\c1ccc(OC)c(F)c1)CCO2. The van der Waals surface area contributed by atoms with E-state index in [1.54, 1.807) is 37.5 Å². The average Bonchev–Trinajstić information content (AvgIpc) is 2.74. The van der Waals surface area contributed by atoms with Gasteiger partial charge in [0, 0.05) is 12.0 Å². The molecule has 0 N–H and O–H groups in total. The molecule has 2 aromatic rings. The van der Waals surface area contributed by atoms with Crippen LogP contribution in [-0.2, 0) is 0 Å². The zero-order valence-electron chi connectivity index (χ0n) is 13.5. The van der Waals surface area contributed by atoms with Crippen LogP contribution in [0.15, 0.2) is 42.0 Å². The van der Waals surface area contributed by atoms with Crippen LogP contribution >= 0.6 is 0 Å². The molecule has 0 unspecified atom stereocenters. The molecule has 0 spiro atoms. The molecule has 24 heavy (non-hydrogen) atoms. The lowest BCUT2D eigenvalue weighted by molar-refractivity contribution is 0.103. The smallest absolute Gasteiger partial charge is 0.193 e. The highest BCUT2D eigenvalue weighted by Crippen LogP contribution is 2.31. The second-order valence-electron chi connectivity index (χ2n) is 5.35. The summed E-state index contributed by atoms with van der Waals surface area (Å²) in [6.45, 7) is 0.384. The summed E-state index contributed by atoms with van der Waals surface area (Å²) in [5, 5.41) is 0. The number of ether oxygens (including phenoxy) is 3. The van der Waals surface area contributed by atoms with E-state index in [9.17, 15) is 9.18 Å². The minimum atomic E-state index is -0.466. The number of Topliss-reactive ketones (excluding diaryl/α,β-unsaturated/α-hetero) is 1. The van der Waals surface area contributed by atoms with E-state index in [-0.39, 0.29) is 11.5 Å². The van der Waals surface area contributed by atoms with Crippen molar-refractivity contribution in [1.29, 1.82) is 0 Å². The van der Waals surface area contributed by atoms with Gasteiger partial charge in [-0.1, -0.05) is 6.07 Å². The van der Waals surface area contributed by atoms with Crippen molar-refractivity contribution in [1.82, 2.24) is 0 Å². The van der Waals surface area contributed by atoms with Crippen molar-refractivity contribution in [3.05, 3.63) is 58.9 Å². The molecule has 1 heterocycles. The third-order valence-corrected chi connectivity index (χ3v) is 3.87. The van der Waals surface area contributed by atoms with Crippen LogP contribution in [0.5, 0.6) is 17.2 Å². The Balaban J connectivity index is 1.98.